The highest BCUT2D eigenvalue weighted by Gasteiger charge is 2.26. The number of aromatic nitrogens is 1. The van der Waals surface area contributed by atoms with Crippen molar-refractivity contribution in [3.8, 4) is 0 Å². The summed E-state index contributed by atoms with van der Waals surface area (Å²) in [6.45, 7) is 9.35. The molecule has 0 unspecified atom stereocenters. The van der Waals surface area contributed by atoms with Crippen LogP contribution in [0.25, 0.3) is 0 Å². The Bertz CT molecular complexity index is 899. The Morgan fingerprint density at radius 1 is 0.968 bits per heavy atom. The van der Waals surface area contributed by atoms with Crippen LogP contribution >= 0.6 is 11.3 Å². The lowest BCUT2D eigenvalue weighted by atomic mass is 10.1. The number of amides is 3. The maximum atomic E-state index is 12.7. The fraction of sp³-hybridized carbons (Fsp3) is 0.522. The van der Waals surface area contributed by atoms with Crippen molar-refractivity contribution in [3.63, 3.8) is 0 Å². The summed E-state index contributed by atoms with van der Waals surface area (Å²) in [5.41, 5.74) is 2.96. The molecule has 0 bridgehead atoms. The summed E-state index contributed by atoms with van der Waals surface area (Å²) >= 11 is 1.49. The van der Waals surface area contributed by atoms with Gasteiger partial charge in [0, 0.05) is 58.1 Å². The molecule has 4 rings (SSSR count). The summed E-state index contributed by atoms with van der Waals surface area (Å²) in [7, 11) is 0. The summed E-state index contributed by atoms with van der Waals surface area (Å²) in [6, 6.07) is 8.12. The fourth-order valence-corrected chi connectivity index (χ4v) is 5.08. The molecular formula is C23H31N5O2S. The first-order chi connectivity index (χ1) is 15.0. The lowest BCUT2D eigenvalue weighted by Gasteiger charge is -2.38. The summed E-state index contributed by atoms with van der Waals surface area (Å²) < 4.78 is 0. The molecular weight excluding hydrogens is 410 g/mol. The summed E-state index contributed by atoms with van der Waals surface area (Å²) in [6.07, 6.45) is 3.48. The molecule has 0 saturated carbocycles. The van der Waals surface area contributed by atoms with Crippen molar-refractivity contribution in [1.29, 1.82) is 0 Å². The van der Waals surface area contributed by atoms with E-state index in [1.165, 1.54) is 17.8 Å². The number of urea groups is 1. The third kappa shape index (κ3) is 5.25. The number of nitrogens with zero attached hydrogens (tertiary/aromatic N) is 5. The number of piperidine rings is 1. The van der Waals surface area contributed by atoms with Crippen molar-refractivity contribution in [2.75, 3.05) is 44.2 Å². The minimum Gasteiger partial charge on any atom is -0.325 e. The SMILES string of the molecule is CC(=O)N(c1ccc(C)cc1)c1nc(CN2CCN(C(=O)N3CCCCC3)CC2)cs1. The molecule has 2 aliphatic heterocycles. The zero-order chi connectivity index (χ0) is 21.8. The first-order valence-corrected chi connectivity index (χ1v) is 12.0. The van der Waals surface area contributed by atoms with Crippen molar-refractivity contribution in [2.45, 2.75) is 39.7 Å². The molecule has 3 heterocycles. The van der Waals surface area contributed by atoms with Crippen LogP contribution in [-0.2, 0) is 11.3 Å². The topological polar surface area (TPSA) is 60.0 Å². The highest BCUT2D eigenvalue weighted by atomic mass is 32.1. The van der Waals surface area contributed by atoms with Crippen molar-refractivity contribution in [2.24, 2.45) is 0 Å². The summed E-state index contributed by atoms with van der Waals surface area (Å²) in [5, 5.41) is 2.73. The zero-order valence-electron chi connectivity index (χ0n) is 18.4. The third-order valence-electron chi connectivity index (χ3n) is 5.99. The lowest BCUT2D eigenvalue weighted by molar-refractivity contribution is -0.115. The monoisotopic (exact) mass is 441 g/mol. The van der Waals surface area contributed by atoms with Gasteiger partial charge in [0.1, 0.15) is 0 Å². The third-order valence-corrected chi connectivity index (χ3v) is 6.87. The average molecular weight is 442 g/mol. The van der Waals surface area contributed by atoms with Gasteiger partial charge in [0.15, 0.2) is 5.13 Å². The maximum Gasteiger partial charge on any atom is 0.320 e. The molecule has 2 aliphatic rings. The number of thiazole rings is 1. The van der Waals surface area contributed by atoms with Crippen LogP contribution in [0.15, 0.2) is 29.6 Å². The van der Waals surface area contributed by atoms with Crippen LogP contribution in [0.4, 0.5) is 15.6 Å². The number of aryl methyl sites for hydroxylation is 1. The molecule has 2 aromatic rings. The molecule has 0 spiro atoms. The number of hydrogen-bond donors (Lipinski definition) is 0. The Morgan fingerprint density at radius 2 is 1.61 bits per heavy atom. The van der Waals surface area contributed by atoms with Crippen LogP contribution in [-0.4, -0.2) is 70.9 Å². The highest BCUT2D eigenvalue weighted by molar-refractivity contribution is 7.14. The predicted molar refractivity (Wildman–Crippen MR) is 124 cm³/mol. The van der Waals surface area contributed by atoms with Gasteiger partial charge in [0.2, 0.25) is 5.91 Å². The van der Waals surface area contributed by atoms with Gasteiger partial charge in [-0.1, -0.05) is 17.7 Å². The van der Waals surface area contributed by atoms with E-state index in [9.17, 15) is 9.59 Å². The van der Waals surface area contributed by atoms with Gasteiger partial charge in [0.05, 0.1) is 11.4 Å². The van der Waals surface area contributed by atoms with Crippen LogP contribution in [0.1, 0.15) is 37.4 Å². The molecule has 2 saturated heterocycles. The van der Waals surface area contributed by atoms with Gasteiger partial charge in [0.25, 0.3) is 0 Å². The molecule has 2 fully saturated rings. The molecule has 31 heavy (non-hydrogen) atoms. The Labute approximate surface area is 188 Å². The van der Waals surface area contributed by atoms with Crippen molar-refractivity contribution >= 4 is 34.1 Å². The van der Waals surface area contributed by atoms with Crippen LogP contribution in [0.5, 0.6) is 0 Å². The molecule has 0 N–H and O–H groups in total. The number of carbonyl (C=O) groups excluding carboxylic acids is 2. The quantitative estimate of drug-likeness (QED) is 0.723. The predicted octanol–water partition coefficient (Wildman–Crippen LogP) is 3.86. The number of hydrogen-bond acceptors (Lipinski definition) is 5. The number of benzene rings is 1. The van der Waals surface area contributed by atoms with Crippen LogP contribution in [0.2, 0.25) is 0 Å². The number of anilines is 2. The number of likely N-dealkylation sites (tertiary alicyclic amines) is 1. The molecule has 1 aromatic heterocycles. The van der Waals surface area contributed by atoms with Gasteiger partial charge in [-0.2, -0.15) is 0 Å². The maximum absolute atomic E-state index is 12.7. The van der Waals surface area contributed by atoms with E-state index in [2.05, 4.69) is 4.90 Å². The molecule has 3 amide bonds. The molecule has 0 radical (unpaired) electrons. The number of rotatable bonds is 4. The Morgan fingerprint density at radius 3 is 2.26 bits per heavy atom. The van der Waals surface area contributed by atoms with Gasteiger partial charge in [-0.25, -0.2) is 9.78 Å². The molecule has 8 heteroatoms. The van der Waals surface area contributed by atoms with Crippen LogP contribution < -0.4 is 4.90 Å². The Kier molecular flexibility index (Phi) is 6.87. The fourth-order valence-electron chi connectivity index (χ4n) is 4.20. The molecule has 7 nitrogen and oxygen atoms in total. The van der Waals surface area contributed by atoms with E-state index >= 15 is 0 Å². The molecule has 1 aromatic carbocycles. The van der Waals surface area contributed by atoms with E-state index in [1.807, 2.05) is 46.4 Å². The van der Waals surface area contributed by atoms with E-state index in [0.717, 1.165) is 75.6 Å². The second kappa shape index (κ2) is 9.78. The normalized spacial score (nSPS) is 17.6. The molecule has 0 aliphatic carbocycles. The van der Waals surface area contributed by atoms with Crippen molar-refractivity contribution in [3.05, 3.63) is 40.9 Å². The Balaban J connectivity index is 1.34. The minimum absolute atomic E-state index is 0.0467. The van der Waals surface area contributed by atoms with Crippen LogP contribution in [0, 0.1) is 6.92 Å². The minimum atomic E-state index is -0.0467. The lowest BCUT2D eigenvalue weighted by Crippen LogP contribution is -2.53. The summed E-state index contributed by atoms with van der Waals surface area (Å²) in [4.78, 5) is 37.7. The van der Waals surface area contributed by atoms with Crippen LogP contribution in [0.3, 0.4) is 0 Å². The second-order valence-electron chi connectivity index (χ2n) is 8.40. The van der Waals surface area contributed by atoms with Crippen molar-refractivity contribution < 1.29 is 9.59 Å². The summed E-state index contributed by atoms with van der Waals surface area (Å²) in [5.74, 6) is -0.0467. The smallest absolute Gasteiger partial charge is 0.320 e. The largest absolute Gasteiger partial charge is 0.325 e. The van der Waals surface area contributed by atoms with Gasteiger partial charge in [-0.05, 0) is 38.3 Å². The molecule has 0 atom stereocenters. The van der Waals surface area contributed by atoms with Crippen molar-refractivity contribution in [1.82, 2.24) is 19.7 Å². The zero-order valence-corrected chi connectivity index (χ0v) is 19.2. The Hall–Kier alpha value is -2.45. The number of carbonyl (C=O) groups is 2. The van der Waals surface area contributed by atoms with Gasteiger partial charge in [-0.3, -0.25) is 14.6 Å². The first kappa shape index (κ1) is 21.8. The van der Waals surface area contributed by atoms with E-state index in [4.69, 9.17) is 4.98 Å². The van der Waals surface area contributed by atoms with Gasteiger partial charge >= 0.3 is 6.03 Å². The van der Waals surface area contributed by atoms with Gasteiger partial charge < -0.3 is 9.80 Å². The molecule has 166 valence electrons. The highest BCUT2D eigenvalue weighted by Crippen LogP contribution is 2.29. The standard InChI is InChI=1S/C23H31N5O2S/c1-18-6-8-21(9-7-18)28(19(2)29)22-24-20(17-31-22)16-25-12-14-27(15-13-25)23(30)26-10-4-3-5-11-26/h6-9,17H,3-5,10-16H2,1-2H3. The van der Waals surface area contributed by atoms with E-state index in [1.54, 1.807) is 11.8 Å². The van der Waals surface area contributed by atoms with Gasteiger partial charge in [-0.15, -0.1) is 11.3 Å². The number of piperazine rings is 1. The van der Waals surface area contributed by atoms with E-state index < -0.39 is 0 Å². The first-order valence-electron chi connectivity index (χ1n) is 11.1. The van der Waals surface area contributed by atoms with E-state index in [0.29, 0.717) is 5.13 Å². The van der Waals surface area contributed by atoms with E-state index in [-0.39, 0.29) is 11.9 Å². The average Bonchev–Trinajstić information content (AvgIpc) is 3.23. The second-order valence-corrected chi connectivity index (χ2v) is 9.24.